The van der Waals surface area contributed by atoms with E-state index in [2.05, 4.69) is 191 Å². The molecule has 0 bridgehead atoms. The van der Waals surface area contributed by atoms with E-state index in [0.717, 1.165) is 55.9 Å². The minimum Gasteiger partial charge on any atom is -0.438 e. The van der Waals surface area contributed by atoms with Crippen LogP contribution in [0.1, 0.15) is 0 Å². The van der Waals surface area contributed by atoms with Crippen LogP contribution in [0.5, 0.6) is 0 Å². The molecule has 0 fully saturated rings. The predicted molar refractivity (Wildman–Crippen MR) is 229 cm³/mol. The van der Waals surface area contributed by atoms with Gasteiger partial charge in [0.05, 0.1) is 16.7 Å². The van der Waals surface area contributed by atoms with E-state index in [-0.39, 0.29) is 0 Å². The summed E-state index contributed by atoms with van der Waals surface area (Å²) in [5.41, 5.74) is 11.6. The van der Waals surface area contributed by atoms with E-state index in [9.17, 15) is 0 Å². The Morgan fingerprint density at radius 1 is 0.418 bits per heavy atom. The first-order valence-electron chi connectivity index (χ1n) is 18.6. The van der Waals surface area contributed by atoms with Crippen LogP contribution in [-0.2, 0) is 0 Å². The summed E-state index contributed by atoms with van der Waals surface area (Å²) in [6.07, 6.45) is 0. The van der Waals surface area contributed by atoms with Gasteiger partial charge in [-0.25, -0.2) is 0 Å². The number of benzene rings is 8. The van der Waals surface area contributed by atoms with E-state index in [1.54, 1.807) is 0 Å². The highest BCUT2D eigenvalue weighted by Gasteiger charge is 2.19. The second kappa shape index (κ2) is 12.6. The van der Waals surface area contributed by atoms with Gasteiger partial charge in [-0.2, -0.15) is 4.98 Å². The highest BCUT2D eigenvalue weighted by molar-refractivity contribution is 6.10. The maximum atomic E-state index is 6.30. The first-order chi connectivity index (χ1) is 27.3. The molecule has 0 saturated heterocycles. The summed E-state index contributed by atoms with van der Waals surface area (Å²) < 4.78 is 8.69. The van der Waals surface area contributed by atoms with Crippen LogP contribution in [0.25, 0.3) is 82.6 Å². The Hall–Kier alpha value is -7.43. The van der Waals surface area contributed by atoms with Crippen molar-refractivity contribution in [2.45, 2.75) is 0 Å². The van der Waals surface area contributed by atoms with Gasteiger partial charge in [-0.1, -0.05) is 133 Å². The Morgan fingerprint density at radius 2 is 1.07 bits per heavy atom. The van der Waals surface area contributed by atoms with Gasteiger partial charge in [-0.15, -0.1) is 0 Å². The molecule has 0 radical (unpaired) electrons. The fourth-order valence-corrected chi connectivity index (χ4v) is 8.21. The minimum absolute atomic E-state index is 0.617. The molecule has 11 rings (SSSR count). The number of pyridine rings is 1. The van der Waals surface area contributed by atoms with Gasteiger partial charge in [0, 0.05) is 38.5 Å². The van der Waals surface area contributed by atoms with Crippen LogP contribution in [0.2, 0.25) is 0 Å². The van der Waals surface area contributed by atoms with Crippen molar-refractivity contribution in [3.8, 4) is 27.9 Å². The second-order valence-electron chi connectivity index (χ2n) is 14.0. The molecule has 8 aromatic carbocycles. The molecule has 0 saturated carbocycles. The average Bonchev–Trinajstić information content (AvgIpc) is 3.79. The molecule has 4 nitrogen and oxygen atoms in total. The standard InChI is InChI=1S/C51H33N3O/c1-2-13-36-32-38(25-24-34(36)12-1)37-14-11-15-40(33-37)53(50-31-30-45-44-19-6-10-23-49(44)55-51(45)52-50)39-28-26-35(27-29-39)41-16-3-7-20-46(41)54-47-21-8-4-17-42(47)43-18-5-9-22-48(43)54/h1-33H. The number of rotatable bonds is 6. The highest BCUT2D eigenvalue weighted by atomic mass is 16.3. The van der Waals surface area contributed by atoms with Crippen molar-refractivity contribution in [2.75, 3.05) is 4.90 Å². The van der Waals surface area contributed by atoms with Crippen molar-refractivity contribution in [1.82, 2.24) is 9.55 Å². The fraction of sp³-hybridized carbons (Fsp3) is 0. The van der Waals surface area contributed by atoms with Crippen LogP contribution >= 0.6 is 0 Å². The molecule has 0 N–H and O–H groups in total. The molecule has 0 spiro atoms. The Kier molecular flexibility index (Phi) is 7.14. The maximum Gasteiger partial charge on any atom is 0.229 e. The van der Waals surface area contributed by atoms with Crippen LogP contribution in [0.4, 0.5) is 17.2 Å². The van der Waals surface area contributed by atoms with Gasteiger partial charge in [0.2, 0.25) is 5.71 Å². The van der Waals surface area contributed by atoms with Crippen LogP contribution in [0.15, 0.2) is 205 Å². The van der Waals surface area contributed by atoms with E-state index in [1.165, 1.54) is 38.1 Å². The van der Waals surface area contributed by atoms with Gasteiger partial charge in [0.1, 0.15) is 11.4 Å². The number of aromatic nitrogens is 2. The summed E-state index contributed by atoms with van der Waals surface area (Å²) in [5, 5.41) is 7.01. The third-order valence-corrected chi connectivity index (χ3v) is 10.8. The van der Waals surface area contributed by atoms with Gasteiger partial charge in [-0.3, -0.25) is 4.90 Å². The molecular formula is C51H33N3O. The molecule has 4 heteroatoms. The lowest BCUT2D eigenvalue weighted by molar-refractivity contribution is 0.654. The lowest BCUT2D eigenvalue weighted by Gasteiger charge is -2.25. The normalized spacial score (nSPS) is 11.6. The molecule has 0 aliphatic rings. The topological polar surface area (TPSA) is 34.2 Å². The Bertz CT molecular complexity index is 3170. The first-order valence-corrected chi connectivity index (χ1v) is 18.6. The Morgan fingerprint density at radius 3 is 1.89 bits per heavy atom. The molecule has 11 aromatic rings. The molecule has 0 aliphatic heterocycles. The summed E-state index contributed by atoms with van der Waals surface area (Å²) in [6.45, 7) is 0. The number of anilines is 3. The van der Waals surface area contributed by atoms with Gasteiger partial charge in [-0.05, 0) is 94.2 Å². The largest absolute Gasteiger partial charge is 0.438 e. The number of para-hydroxylation sites is 4. The minimum atomic E-state index is 0.617. The van der Waals surface area contributed by atoms with Crippen molar-refractivity contribution in [3.05, 3.63) is 200 Å². The molecule has 0 unspecified atom stereocenters. The summed E-state index contributed by atoms with van der Waals surface area (Å²) in [5.74, 6) is 0.778. The molecule has 258 valence electrons. The third kappa shape index (κ3) is 5.19. The van der Waals surface area contributed by atoms with Gasteiger partial charge in [0.15, 0.2) is 0 Å². The lowest BCUT2D eigenvalue weighted by Crippen LogP contribution is -2.11. The number of nitrogens with zero attached hydrogens (tertiary/aromatic N) is 3. The monoisotopic (exact) mass is 703 g/mol. The number of fused-ring (bicyclic) bond motifs is 7. The molecule has 55 heavy (non-hydrogen) atoms. The lowest BCUT2D eigenvalue weighted by atomic mass is 10.00. The summed E-state index contributed by atoms with van der Waals surface area (Å²) in [6, 6.07) is 71.1. The molecule has 3 heterocycles. The van der Waals surface area contributed by atoms with E-state index < -0.39 is 0 Å². The average molecular weight is 704 g/mol. The van der Waals surface area contributed by atoms with Gasteiger partial charge < -0.3 is 8.98 Å². The first kappa shape index (κ1) is 31.1. The zero-order valence-electron chi connectivity index (χ0n) is 29.8. The van der Waals surface area contributed by atoms with Crippen LogP contribution in [0, 0.1) is 0 Å². The smallest absolute Gasteiger partial charge is 0.229 e. The van der Waals surface area contributed by atoms with Crippen LogP contribution in [0.3, 0.4) is 0 Å². The zero-order chi connectivity index (χ0) is 36.3. The second-order valence-corrected chi connectivity index (χ2v) is 14.0. The number of hydrogen-bond donors (Lipinski definition) is 0. The molecule has 0 atom stereocenters. The predicted octanol–water partition coefficient (Wildman–Crippen LogP) is 14.0. The van der Waals surface area contributed by atoms with Crippen molar-refractivity contribution >= 4 is 71.8 Å². The van der Waals surface area contributed by atoms with Crippen molar-refractivity contribution in [1.29, 1.82) is 0 Å². The number of furan rings is 1. The maximum absolute atomic E-state index is 6.30. The van der Waals surface area contributed by atoms with E-state index >= 15 is 0 Å². The highest BCUT2D eigenvalue weighted by Crippen LogP contribution is 2.41. The van der Waals surface area contributed by atoms with Crippen molar-refractivity contribution in [2.24, 2.45) is 0 Å². The molecular weight excluding hydrogens is 671 g/mol. The van der Waals surface area contributed by atoms with Crippen LogP contribution in [-0.4, -0.2) is 9.55 Å². The summed E-state index contributed by atoms with van der Waals surface area (Å²) >= 11 is 0. The quantitative estimate of drug-likeness (QED) is 0.173. The number of hydrogen-bond acceptors (Lipinski definition) is 3. The van der Waals surface area contributed by atoms with E-state index in [0.29, 0.717) is 5.71 Å². The third-order valence-electron chi connectivity index (χ3n) is 10.8. The van der Waals surface area contributed by atoms with Crippen LogP contribution < -0.4 is 4.90 Å². The molecule has 0 aliphatic carbocycles. The van der Waals surface area contributed by atoms with E-state index in [1.807, 2.05) is 18.2 Å². The van der Waals surface area contributed by atoms with Crippen molar-refractivity contribution in [3.63, 3.8) is 0 Å². The zero-order valence-corrected chi connectivity index (χ0v) is 29.8. The summed E-state index contributed by atoms with van der Waals surface area (Å²) in [7, 11) is 0. The molecule has 3 aromatic heterocycles. The molecule has 0 amide bonds. The van der Waals surface area contributed by atoms with Gasteiger partial charge in [0.25, 0.3) is 0 Å². The summed E-state index contributed by atoms with van der Waals surface area (Å²) in [4.78, 5) is 7.37. The van der Waals surface area contributed by atoms with Gasteiger partial charge >= 0.3 is 0 Å². The van der Waals surface area contributed by atoms with Crippen molar-refractivity contribution < 1.29 is 4.42 Å². The Balaban J connectivity index is 1.05. The SMILES string of the molecule is c1cc(-c2ccc3ccccc3c2)cc(N(c2ccc(-c3ccccc3-n3c4ccccc4c4ccccc43)cc2)c2ccc3c(n2)oc2ccccc23)c1. The van der Waals surface area contributed by atoms with E-state index in [4.69, 9.17) is 9.40 Å². The Labute approximate surface area is 317 Å². The fourth-order valence-electron chi connectivity index (χ4n) is 8.21.